The van der Waals surface area contributed by atoms with Crippen LogP contribution < -0.4 is 5.32 Å². The molecule has 0 aliphatic rings. The fourth-order valence-electron chi connectivity index (χ4n) is 1.31. The second-order valence-electron chi connectivity index (χ2n) is 4.22. The lowest BCUT2D eigenvalue weighted by atomic mass is 10.3. The van der Waals surface area contributed by atoms with Gasteiger partial charge in [-0.2, -0.15) is 0 Å². The van der Waals surface area contributed by atoms with E-state index in [1.54, 1.807) is 0 Å². The van der Waals surface area contributed by atoms with Crippen molar-refractivity contribution in [2.45, 2.75) is 32.3 Å². The third-order valence-corrected chi connectivity index (χ3v) is 2.44. The highest BCUT2D eigenvalue weighted by molar-refractivity contribution is 5.69. The average Bonchev–Trinajstić information content (AvgIpc) is 2.42. The Morgan fingerprint density at radius 3 is 2.68 bits per heavy atom. The molecule has 1 unspecified atom stereocenters. The smallest absolute Gasteiger partial charge is 0.306 e. The Balaban J connectivity index is 3.21. The summed E-state index contributed by atoms with van der Waals surface area (Å²) in [4.78, 5) is 10.8. The molecule has 0 spiro atoms. The molecule has 2 N–H and O–H groups in total. The number of unbranched alkanes of at least 4 members (excludes halogenated alkanes) is 1. The van der Waals surface area contributed by atoms with Crippen LogP contribution in [0.4, 0.5) is 0 Å². The number of carbonyl (C=O) groups is 1. The van der Waals surface area contributed by atoms with Gasteiger partial charge in [0.25, 0.3) is 0 Å². The highest BCUT2D eigenvalue weighted by atomic mass is 16.5. The second kappa shape index (κ2) is 13.7. The molecule has 0 amide bonds. The highest BCUT2D eigenvalue weighted by Crippen LogP contribution is 1.89. The summed E-state index contributed by atoms with van der Waals surface area (Å²) in [5.74, 6) is -0.262. The topological polar surface area (TPSA) is 77.0 Å². The van der Waals surface area contributed by atoms with Crippen LogP contribution in [0.2, 0.25) is 0 Å². The van der Waals surface area contributed by atoms with E-state index in [4.69, 9.17) is 9.47 Å². The number of methoxy groups -OCH3 is 1. The molecule has 0 aromatic heterocycles. The van der Waals surface area contributed by atoms with Crippen LogP contribution in [-0.2, 0) is 19.0 Å². The number of rotatable bonds is 13. The second-order valence-corrected chi connectivity index (χ2v) is 4.22. The van der Waals surface area contributed by atoms with Crippen LogP contribution in [0.1, 0.15) is 26.2 Å². The average molecular weight is 277 g/mol. The number of hydrogen-bond donors (Lipinski definition) is 2. The van der Waals surface area contributed by atoms with E-state index in [9.17, 15) is 9.90 Å². The van der Waals surface area contributed by atoms with Crippen molar-refractivity contribution in [1.29, 1.82) is 0 Å². The maximum Gasteiger partial charge on any atom is 0.306 e. The fraction of sp³-hybridized carbons (Fsp3) is 0.923. The molecule has 6 nitrogen and oxygen atoms in total. The van der Waals surface area contributed by atoms with Gasteiger partial charge in [0.1, 0.15) is 0 Å². The molecule has 0 fully saturated rings. The molecule has 0 aromatic carbocycles. The standard InChI is InChI=1S/C13H27NO5/c1-3-4-7-18-8-9-19-11-12(15)10-14-6-5-13(16)17-2/h12,14-15H,3-11H2,1-2H3. The first kappa shape index (κ1) is 18.3. The molecule has 0 saturated carbocycles. The van der Waals surface area contributed by atoms with E-state index in [-0.39, 0.29) is 12.6 Å². The molecule has 0 aromatic rings. The zero-order valence-corrected chi connectivity index (χ0v) is 12.0. The summed E-state index contributed by atoms with van der Waals surface area (Å²) in [7, 11) is 1.35. The van der Waals surface area contributed by atoms with Crippen molar-refractivity contribution < 1.29 is 24.1 Å². The molecule has 0 aliphatic carbocycles. The summed E-state index contributed by atoms with van der Waals surface area (Å²) in [5.41, 5.74) is 0. The van der Waals surface area contributed by atoms with Gasteiger partial charge in [-0.3, -0.25) is 4.79 Å². The van der Waals surface area contributed by atoms with Gasteiger partial charge in [0.05, 0.1) is 39.5 Å². The molecule has 1 atom stereocenters. The Kier molecular flexibility index (Phi) is 13.2. The number of hydrogen-bond acceptors (Lipinski definition) is 6. The number of carbonyl (C=O) groups excluding carboxylic acids is 1. The quantitative estimate of drug-likeness (QED) is 0.373. The molecular weight excluding hydrogens is 250 g/mol. The minimum absolute atomic E-state index is 0.262. The van der Waals surface area contributed by atoms with Gasteiger partial charge in [-0.05, 0) is 6.42 Å². The predicted molar refractivity (Wildman–Crippen MR) is 72.1 cm³/mol. The molecular formula is C13H27NO5. The summed E-state index contributed by atoms with van der Waals surface area (Å²) in [6.45, 7) is 5.08. The Hall–Kier alpha value is -0.690. The van der Waals surface area contributed by atoms with Crippen molar-refractivity contribution in [1.82, 2.24) is 5.32 Å². The molecule has 0 heterocycles. The summed E-state index contributed by atoms with van der Waals surface area (Å²) in [5, 5.41) is 12.5. The summed E-state index contributed by atoms with van der Waals surface area (Å²) >= 11 is 0. The van der Waals surface area contributed by atoms with Gasteiger partial charge in [-0.15, -0.1) is 0 Å². The van der Waals surface area contributed by atoms with Gasteiger partial charge in [-0.1, -0.05) is 13.3 Å². The summed E-state index contributed by atoms with van der Waals surface area (Å²) in [6.07, 6.45) is 1.91. The molecule has 0 radical (unpaired) electrons. The van der Waals surface area contributed by atoms with Crippen molar-refractivity contribution in [2.75, 3.05) is 46.6 Å². The highest BCUT2D eigenvalue weighted by Gasteiger charge is 2.04. The van der Waals surface area contributed by atoms with Crippen LogP contribution in [0.15, 0.2) is 0 Å². The summed E-state index contributed by atoms with van der Waals surface area (Å²) < 4.78 is 15.1. The minimum Gasteiger partial charge on any atom is -0.469 e. The van der Waals surface area contributed by atoms with E-state index in [1.807, 2.05) is 0 Å². The van der Waals surface area contributed by atoms with E-state index >= 15 is 0 Å². The number of aliphatic hydroxyl groups excluding tert-OH is 1. The molecule has 114 valence electrons. The third-order valence-electron chi connectivity index (χ3n) is 2.44. The van der Waals surface area contributed by atoms with Gasteiger partial charge < -0.3 is 24.6 Å². The normalized spacial score (nSPS) is 12.4. The Labute approximate surface area is 115 Å². The van der Waals surface area contributed by atoms with Crippen LogP contribution in [0.5, 0.6) is 0 Å². The zero-order chi connectivity index (χ0) is 14.3. The summed E-state index contributed by atoms with van der Waals surface area (Å²) in [6, 6.07) is 0. The number of ether oxygens (including phenoxy) is 3. The lowest BCUT2D eigenvalue weighted by molar-refractivity contribution is -0.140. The monoisotopic (exact) mass is 277 g/mol. The lowest BCUT2D eigenvalue weighted by Crippen LogP contribution is -2.32. The van der Waals surface area contributed by atoms with Crippen LogP contribution in [-0.4, -0.2) is 63.8 Å². The van der Waals surface area contributed by atoms with Gasteiger partial charge in [0, 0.05) is 19.7 Å². The van der Waals surface area contributed by atoms with Gasteiger partial charge in [0.2, 0.25) is 0 Å². The van der Waals surface area contributed by atoms with Crippen molar-refractivity contribution in [3.05, 3.63) is 0 Å². The van der Waals surface area contributed by atoms with Crippen molar-refractivity contribution in [3.8, 4) is 0 Å². The van der Waals surface area contributed by atoms with Gasteiger partial charge in [-0.25, -0.2) is 0 Å². The van der Waals surface area contributed by atoms with Gasteiger partial charge in [0.15, 0.2) is 0 Å². The van der Waals surface area contributed by atoms with Crippen LogP contribution in [0.3, 0.4) is 0 Å². The van der Waals surface area contributed by atoms with Crippen molar-refractivity contribution >= 4 is 5.97 Å². The lowest BCUT2D eigenvalue weighted by Gasteiger charge is -2.12. The molecule has 0 rings (SSSR count). The Bertz CT molecular complexity index is 213. The molecule has 19 heavy (non-hydrogen) atoms. The first-order valence-electron chi connectivity index (χ1n) is 6.81. The van der Waals surface area contributed by atoms with Gasteiger partial charge >= 0.3 is 5.97 Å². The van der Waals surface area contributed by atoms with Crippen LogP contribution >= 0.6 is 0 Å². The molecule has 0 aliphatic heterocycles. The molecule has 0 bridgehead atoms. The number of nitrogens with one attached hydrogen (secondary N) is 1. The SMILES string of the molecule is CCCCOCCOCC(O)CNCCC(=O)OC. The fourth-order valence-corrected chi connectivity index (χ4v) is 1.31. The first-order valence-corrected chi connectivity index (χ1v) is 6.81. The van der Waals surface area contributed by atoms with Crippen molar-refractivity contribution in [2.24, 2.45) is 0 Å². The molecule has 6 heteroatoms. The number of aliphatic hydroxyl groups is 1. The predicted octanol–water partition coefficient (Wildman–Crippen LogP) is 0.333. The van der Waals surface area contributed by atoms with E-state index < -0.39 is 6.10 Å². The Morgan fingerprint density at radius 1 is 1.26 bits per heavy atom. The van der Waals surface area contributed by atoms with E-state index in [2.05, 4.69) is 17.0 Å². The van der Waals surface area contributed by atoms with Crippen molar-refractivity contribution in [3.63, 3.8) is 0 Å². The first-order chi connectivity index (χ1) is 9.20. The van der Waals surface area contributed by atoms with E-state index in [0.29, 0.717) is 32.7 Å². The Morgan fingerprint density at radius 2 is 2.00 bits per heavy atom. The minimum atomic E-state index is -0.576. The molecule has 0 saturated heterocycles. The third kappa shape index (κ3) is 13.5. The maximum atomic E-state index is 10.8. The number of esters is 1. The zero-order valence-electron chi connectivity index (χ0n) is 12.0. The maximum absolute atomic E-state index is 10.8. The van der Waals surface area contributed by atoms with E-state index in [0.717, 1.165) is 19.4 Å². The largest absolute Gasteiger partial charge is 0.469 e. The van der Waals surface area contributed by atoms with Crippen LogP contribution in [0.25, 0.3) is 0 Å². The van der Waals surface area contributed by atoms with E-state index in [1.165, 1.54) is 7.11 Å². The van der Waals surface area contributed by atoms with Crippen LogP contribution in [0, 0.1) is 0 Å².